The first-order valence-corrected chi connectivity index (χ1v) is 5.83. The number of carbonyl (C=O) groups is 1. The molecule has 0 saturated heterocycles. The first-order chi connectivity index (χ1) is 7.90. The Kier molecular flexibility index (Phi) is 5.18. The second kappa shape index (κ2) is 6.19. The molecule has 3 nitrogen and oxygen atoms in total. The first kappa shape index (κ1) is 14.2. The molecule has 1 aromatic carbocycles. The molecular weight excluding hydrogens is 266 g/mol. The molecule has 0 atom stereocenters. The van der Waals surface area contributed by atoms with Crippen LogP contribution in [0, 0.1) is 5.82 Å². The minimum atomic E-state index is -0.543. The van der Waals surface area contributed by atoms with Crippen LogP contribution < -0.4 is 10.6 Å². The van der Waals surface area contributed by atoms with Crippen LogP contribution in [0.25, 0.3) is 0 Å². The zero-order chi connectivity index (χ0) is 13.0. The fraction of sp³-hybridized carbons (Fsp3) is 0.364. The van der Waals surface area contributed by atoms with Crippen molar-refractivity contribution in [1.82, 2.24) is 5.32 Å². The summed E-state index contributed by atoms with van der Waals surface area (Å²) in [6.45, 7) is 3.98. The molecule has 0 saturated carbocycles. The van der Waals surface area contributed by atoms with Gasteiger partial charge in [0.2, 0.25) is 5.91 Å². The van der Waals surface area contributed by atoms with Crippen molar-refractivity contribution in [2.75, 3.05) is 11.9 Å². The molecule has 1 rings (SSSR count). The molecule has 94 valence electrons. The van der Waals surface area contributed by atoms with Crippen LogP contribution in [-0.4, -0.2) is 18.5 Å². The Morgan fingerprint density at radius 2 is 1.88 bits per heavy atom. The minimum Gasteiger partial charge on any atom is -0.322 e. The van der Waals surface area contributed by atoms with Crippen LogP contribution in [0.5, 0.6) is 0 Å². The number of anilines is 1. The summed E-state index contributed by atoms with van der Waals surface area (Å²) in [6, 6.07) is 2.39. The van der Waals surface area contributed by atoms with Gasteiger partial charge in [-0.3, -0.25) is 4.79 Å². The number of amides is 1. The Bertz CT molecular complexity index is 401. The van der Waals surface area contributed by atoms with Crippen molar-refractivity contribution >= 4 is 34.8 Å². The molecule has 0 spiro atoms. The van der Waals surface area contributed by atoms with E-state index < -0.39 is 5.82 Å². The molecule has 17 heavy (non-hydrogen) atoms. The van der Waals surface area contributed by atoms with Gasteiger partial charge in [0.25, 0.3) is 0 Å². The molecule has 0 aliphatic rings. The van der Waals surface area contributed by atoms with E-state index in [1.54, 1.807) is 0 Å². The summed E-state index contributed by atoms with van der Waals surface area (Å²) in [5.74, 6) is -0.826. The topological polar surface area (TPSA) is 41.1 Å². The standard InChI is InChI=1S/C11H13Cl2FN2O/c1-6(2)15-5-10(17)16-11-8(12)3-7(14)4-9(11)13/h3-4,6,15H,5H2,1-2H3,(H,16,17). The molecule has 0 aromatic heterocycles. The van der Waals surface area contributed by atoms with Gasteiger partial charge in [-0.25, -0.2) is 4.39 Å². The van der Waals surface area contributed by atoms with E-state index >= 15 is 0 Å². The quantitative estimate of drug-likeness (QED) is 0.889. The normalized spacial score (nSPS) is 10.7. The van der Waals surface area contributed by atoms with Gasteiger partial charge in [0.05, 0.1) is 22.3 Å². The highest BCUT2D eigenvalue weighted by molar-refractivity contribution is 6.39. The SMILES string of the molecule is CC(C)NCC(=O)Nc1c(Cl)cc(F)cc1Cl. The molecule has 0 bridgehead atoms. The zero-order valence-electron chi connectivity index (χ0n) is 9.48. The van der Waals surface area contributed by atoms with Crippen molar-refractivity contribution in [2.24, 2.45) is 0 Å². The van der Waals surface area contributed by atoms with Gasteiger partial charge >= 0.3 is 0 Å². The van der Waals surface area contributed by atoms with Gasteiger partial charge in [0.1, 0.15) is 5.82 Å². The van der Waals surface area contributed by atoms with E-state index in [1.165, 1.54) is 0 Å². The lowest BCUT2D eigenvalue weighted by atomic mass is 10.3. The van der Waals surface area contributed by atoms with Crippen molar-refractivity contribution in [3.63, 3.8) is 0 Å². The first-order valence-electron chi connectivity index (χ1n) is 5.08. The molecule has 0 unspecified atom stereocenters. The third kappa shape index (κ3) is 4.50. The van der Waals surface area contributed by atoms with Crippen molar-refractivity contribution < 1.29 is 9.18 Å². The van der Waals surface area contributed by atoms with E-state index in [2.05, 4.69) is 10.6 Å². The van der Waals surface area contributed by atoms with Crippen molar-refractivity contribution in [1.29, 1.82) is 0 Å². The van der Waals surface area contributed by atoms with Gasteiger partial charge in [-0.1, -0.05) is 37.0 Å². The molecule has 1 amide bonds. The second-order valence-corrected chi connectivity index (χ2v) is 4.64. The Labute approximate surface area is 109 Å². The monoisotopic (exact) mass is 278 g/mol. The predicted octanol–water partition coefficient (Wildman–Crippen LogP) is 3.07. The lowest BCUT2D eigenvalue weighted by molar-refractivity contribution is -0.115. The van der Waals surface area contributed by atoms with Gasteiger partial charge in [0, 0.05) is 6.04 Å². The van der Waals surface area contributed by atoms with E-state index in [1.807, 2.05) is 13.8 Å². The van der Waals surface area contributed by atoms with E-state index in [0.717, 1.165) is 12.1 Å². The zero-order valence-corrected chi connectivity index (χ0v) is 11.0. The van der Waals surface area contributed by atoms with Crippen LogP contribution in [-0.2, 0) is 4.79 Å². The number of nitrogens with one attached hydrogen (secondary N) is 2. The largest absolute Gasteiger partial charge is 0.322 e. The average molecular weight is 279 g/mol. The van der Waals surface area contributed by atoms with E-state index in [0.29, 0.717) is 0 Å². The number of hydrogen-bond acceptors (Lipinski definition) is 2. The molecule has 0 heterocycles. The van der Waals surface area contributed by atoms with Crippen LogP contribution >= 0.6 is 23.2 Å². The summed E-state index contributed by atoms with van der Waals surface area (Å²) < 4.78 is 12.9. The highest BCUT2D eigenvalue weighted by Gasteiger charge is 2.11. The van der Waals surface area contributed by atoms with Crippen LogP contribution in [0.4, 0.5) is 10.1 Å². The van der Waals surface area contributed by atoms with Crippen LogP contribution in [0.2, 0.25) is 10.0 Å². The Morgan fingerprint density at radius 1 is 1.35 bits per heavy atom. The second-order valence-electron chi connectivity index (χ2n) is 3.83. The molecule has 6 heteroatoms. The summed E-state index contributed by atoms with van der Waals surface area (Å²) in [5.41, 5.74) is 0.227. The van der Waals surface area contributed by atoms with Crippen LogP contribution in [0.1, 0.15) is 13.8 Å². The Balaban J connectivity index is 2.72. The number of halogens is 3. The minimum absolute atomic E-state index is 0.0768. The average Bonchev–Trinajstić information content (AvgIpc) is 2.20. The van der Waals surface area contributed by atoms with Gasteiger partial charge in [-0.2, -0.15) is 0 Å². The molecule has 0 fully saturated rings. The summed E-state index contributed by atoms with van der Waals surface area (Å²) in [6.07, 6.45) is 0. The number of carbonyl (C=O) groups excluding carboxylic acids is 1. The van der Waals surface area contributed by atoms with Crippen molar-refractivity contribution in [2.45, 2.75) is 19.9 Å². The Hall–Kier alpha value is -0.840. The lowest BCUT2D eigenvalue weighted by Crippen LogP contribution is -2.32. The fourth-order valence-electron chi connectivity index (χ4n) is 1.14. The van der Waals surface area contributed by atoms with Gasteiger partial charge in [0.15, 0.2) is 0 Å². The molecular formula is C11H13Cl2FN2O. The van der Waals surface area contributed by atoms with Gasteiger partial charge in [-0.15, -0.1) is 0 Å². The molecule has 0 aliphatic carbocycles. The number of hydrogen-bond donors (Lipinski definition) is 2. The molecule has 1 aromatic rings. The maximum absolute atomic E-state index is 12.9. The predicted molar refractivity (Wildman–Crippen MR) is 68.2 cm³/mol. The summed E-state index contributed by atoms with van der Waals surface area (Å²) >= 11 is 11.6. The third-order valence-electron chi connectivity index (χ3n) is 1.94. The maximum Gasteiger partial charge on any atom is 0.238 e. The van der Waals surface area contributed by atoms with Crippen LogP contribution in [0.3, 0.4) is 0 Å². The van der Waals surface area contributed by atoms with Crippen molar-refractivity contribution in [3.8, 4) is 0 Å². The number of benzene rings is 1. The third-order valence-corrected chi connectivity index (χ3v) is 2.54. The maximum atomic E-state index is 12.9. The molecule has 0 aliphatic heterocycles. The summed E-state index contributed by atoms with van der Waals surface area (Å²) in [4.78, 5) is 11.5. The van der Waals surface area contributed by atoms with E-state index in [9.17, 15) is 9.18 Å². The molecule has 0 radical (unpaired) electrons. The number of rotatable bonds is 4. The summed E-state index contributed by atoms with van der Waals surface area (Å²) in [5, 5.41) is 5.63. The van der Waals surface area contributed by atoms with E-state index in [-0.39, 0.29) is 34.2 Å². The summed E-state index contributed by atoms with van der Waals surface area (Å²) in [7, 11) is 0. The highest BCUT2D eigenvalue weighted by atomic mass is 35.5. The van der Waals surface area contributed by atoms with Crippen LogP contribution in [0.15, 0.2) is 12.1 Å². The van der Waals surface area contributed by atoms with Gasteiger partial charge < -0.3 is 10.6 Å². The fourth-order valence-corrected chi connectivity index (χ4v) is 1.70. The Morgan fingerprint density at radius 3 is 2.35 bits per heavy atom. The highest BCUT2D eigenvalue weighted by Crippen LogP contribution is 2.31. The lowest BCUT2D eigenvalue weighted by Gasteiger charge is -2.11. The van der Waals surface area contributed by atoms with E-state index in [4.69, 9.17) is 23.2 Å². The van der Waals surface area contributed by atoms with Crippen molar-refractivity contribution in [3.05, 3.63) is 28.0 Å². The molecule has 2 N–H and O–H groups in total. The smallest absolute Gasteiger partial charge is 0.238 e. The van der Waals surface area contributed by atoms with Gasteiger partial charge in [-0.05, 0) is 12.1 Å².